The number of amides is 1. The molecule has 0 heterocycles. The molecule has 2 fully saturated rings. The molecular formula is C16H22BrClN2O. The van der Waals surface area contributed by atoms with Crippen LogP contribution in [0.25, 0.3) is 0 Å². The highest BCUT2D eigenvalue weighted by Crippen LogP contribution is 2.48. The van der Waals surface area contributed by atoms with Crippen molar-refractivity contribution >= 4 is 34.2 Å². The second kappa shape index (κ2) is 7.12. The molecule has 0 radical (unpaired) electrons. The summed E-state index contributed by atoms with van der Waals surface area (Å²) in [6.45, 7) is 0. The maximum Gasteiger partial charge on any atom is 0.223 e. The molecule has 0 saturated heterocycles. The van der Waals surface area contributed by atoms with E-state index in [1.807, 2.05) is 12.1 Å². The maximum atomic E-state index is 12.3. The predicted molar refractivity (Wildman–Crippen MR) is 90.6 cm³/mol. The molecule has 3 rings (SSSR count). The average Bonchev–Trinajstić information content (AvgIpc) is 3.22. The van der Waals surface area contributed by atoms with Gasteiger partial charge in [0.25, 0.3) is 0 Å². The number of rotatable bonds is 3. The van der Waals surface area contributed by atoms with Crippen LogP contribution in [0.3, 0.4) is 0 Å². The summed E-state index contributed by atoms with van der Waals surface area (Å²) in [6.07, 6.45) is 5.10. The van der Waals surface area contributed by atoms with Crippen molar-refractivity contribution in [3.63, 3.8) is 0 Å². The van der Waals surface area contributed by atoms with Crippen molar-refractivity contribution in [1.29, 1.82) is 0 Å². The molecule has 0 aromatic heterocycles. The van der Waals surface area contributed by atoms with Gasteiger partial charge in [-0.2, -0.15) is 0 Å². The summed E-state index contributed by atoms with van der Waals surface area (Å²) >= 11 is 3.49. The van der Waals surface area contributed by atoms with Gasteiger partial charge in [-0.25, -0.2) is 0 Å². The maximum absolute atomic E-state index is 12.3. The molecule has 0 aliphatic heterocycles. The van der Waals surface area contributed by atoms with E-state index in [4.69, 9.17) is 5.73 Å². The second-order valence-corrected chi connectivity index (χ2v) is 7.04. The van der Waals surface area contributed by atoms with Crippen molar-refractivity contribution in [3.05, 3.63) is 34.3 Å². The first-order valence-corrected chi connectivity index (χ1v) is 8.24. The molecule has 2 aliphatic carbocycles. The lowest BCUT2D eigenvalue weighted by atomic mass is 9.91. The fraction of sp³-hybridized carbons (Fsp3) is 0.562. The molecule has 1 aromatic rings. The molecule has 2 unspecified atom stereocenters. The molecule has 0 bridgehead atoms. The van der Waals surface area contributed by atoms with Crippen LogP contribution in [0, 0.1) is 5.92 Å². The van der Waals surface area contributed by atoms with E-state index < -0.39 is 0 Å². The molecular weight excluding hydrogens is 352 g/mol. The molecule has 116 valence electrons. The highest BCUT2D eigenvalue weighted by atomic mass is 79.9. The Bertz CT molecular complexity index is 503. The zero-order valence-corrected chi connectivity index (χ0v) is 14.3. The third kappa shape index (κ3) is 4.21. The summed E-state index contributed by atoms with van der Waals surface area (Å²) in [6, 6.07) is 8.96. The second-order valence-electron chi connectivity index (χ2n) is 6.12. The average molecular weight is 374 g/mol. The lowest BCUT2D eigenvalue weighted by Crippen LogP contribution is -2.41. The number of carbonyl (C=O) groups is 1. The SMILES string of the molecule is Cl.NC1CCC(NC(=O)C2CC2c2cccc(Br)c2)CC1. The van der Waals surface area contributed by atoms with Crippen molar-refractivity contribution in [3.8, 4) is 0 Å². The summed E-state index contributed by atoms with van der Waals surface area (Å²) in [7, 11) is 0. The fourth-order valence-electron chi connectivity index (χ4n) is 3.16. The summed E-state index contributed by atoms with van der Waals surface area (Å²) in [5.41, 5.74) is 7.16. The summed E-state index contributed by atoms with van der Waals surface area (Å²) < 4.78 is 1.09. The molecule has 5 heteroatoms. The number of benzene rings is 1. The molecule has 0 spiro atoms. The molecule has 2 saturated carbocycles. The molecule has 3 nitrogen and oxygen atoms in total. The Kier molecular flexibility index (Phi) is 5.69. The molecule has 21 heavy (non-hydrogen) atoms. The van der Waals surface area contributed by atoms with Crippen LogP contribution in [0.1, 0.15) is 43.6 Å². The Morgan fingerprint density at radius 1 is 1.24 bits per heavy atom. The van der Waals surface area contributed by atoms with Gasteiger partial charge >= 0.3 is 0 Å². The highest BCUT2D eigenvalue weighted by molar-refractivity contribution is 9.10. The third-order valence-electron chi connectivity index (χ3n) is 4.52. The van der Waals surface area contributed by atoms with Gasteiger partial charge in [0.1, 0.15) is 0 Å². The number of hydrogen-bond acceptors (Lipinski definition) is 2. The first-order valence-electron chi connectivity index (χ1n) is 7.45. The van der Waals surface area contributed by atoms with Crippen molar-refractivity contribution in [2.45, 2.75) is 50.1 Å². The van der Waals surface area contributed by atoms with Gasteiger partial charge in [-0.1, -0.05) is 28.1 Å². The lowest BCUT2D eigenvalue weighted by molar-refractivity contribution is -0.123. The van der Waals surface area contributed by atoms with Crippen LogP contribution >= 0.6 is 28.3 Å². The van der Waals surface area contributed by atoms with Gasteiger partial charge in [-0.15, -0.1) is 12.4 Å². The van der Waals surface area contributed by atoms with Gasteiger partial charge in [-0.05, 0) is 55.7 Å². The van der Waals surface area contributed by atoms with E-state index >= 15 is 0 Å². The Hall–Kier alpha value is -0.580. The smallest absolute Gasteiger partial charge is 0.223 e. The van der Waals surface area contributed by atoms with Crippen LogP contribution in [0.15, 0.2) is 28.7 Å². The summed E-state index contributed by atoms with van der Waals surface area (Å²) in [5.74, 6) is 0.800. The largest absolute Gasteiger partial charge is 0.353 e. The topological polar surface area (TPSA) is 55.1 Å². The van der Waals surface area contributed by atoms with E-state index in [-0.39, 0.29) is 24.2 Å². The Morgan fingerprint density at radius 2 is 1.95 bits per heavy atom. The number of carbonyl (C=O) groups excluding carboxylic acids is 1. The van der Waals surface area contributed by atoms with E-state index in [1.165, 1.54) is 5.56 Å². The Morgan fingerprint density at radius 3 is 2.62 bits per heavy atom. The van der Waals surface area contributed by atoms with E-state index in [0.717, 1.165) is 36.6 Å². The predicted octanol–water partition coefficient (Wildman–Crippen LogP) is 3.36. The van der Waals surface area contributed by atoms with Crippen LogP contribution in [-0.2, 0) is 4.79 Å². The highest BCUT2D eigenvalue weighted by Gasteiger charge is 2.44. The zero-order chi connectivity index (χ0) is 14.1. The van der Waals surface area contributed by atoms with Crippen LogP contribution in [0.4, 0.5) is 0 Å². The number of hydrogen-bond donors (Lipinski definition) is 2. The van der Waals surface area contributed by atoms with E-state index in [2.05, 4.69) is 33.4 Å². The van der Waals surface area contributed by atoms with Gasteiger partial charge in [0.15, 0.2) is 0 Å². The quantitative estimate of drug-likeness (QED) is 0.853. The first kappa shape index (κ1) is 16.8. The molecule has 1 amide bonds. The van der Waals surface area contributed by atoms with Gasteiger partial charge in [0.2, 0.25) is 5.91 Å². The van der Waals surface area contributed by atoms with Crippen LogP contribution in [0.2, 0.25) is 0 Å². The van der Waals surface area contributed by atoms with Crippen LogP contribution in [-0.4, -0.2) is 18.0 Å². The van der Waals surface area contributed by atoms with Gasteiger partial charge < -0.3 is 11.1 Å². The van der Waals surface area contributed by atoms with E-state index in [9.17, 15) is 4.79 Å². The van der Waals surface area contributed by atoms with Crippen molar-refractivity contribution in [2.24, 2.45) is 11.7 Å². The van der Waals surface area contributed by atoms with Crippen molar-refractivity contribution < 1.29 is 4.79 Å². The standard InChI is InChI=1S/C16H21BrN2O.ClH/c17-11-3-1-2-10(8-11)14-9-15(14)16(20)19-13-6-4-12(18)5-7-13;/h1-3,8,12-15H,4-7,9,18H2,(H,19,20);1H. The lowest BCUT2D eigenvalue weighted by Gasteiger charge is -2.26. The molecule has 2 aliphatic rings. The number of nitrogens with two attached hydrogens (primary N) is 1. The number of halogens is 2. The van der Waals surface area contributed by atoms with E-state index in [1.54, 1.807) is 0 Å². The summed E-state index contributed by atoms with van der Waals surface area (Å²) in [5, 5.41) is 3.21. The molecule has 3 N–H and O–H groups in total. The Balaban J connectivity index is 0.00000161. The summed E-state index contributed by atoms with van der Waals surface area (Å²) in [4.78, 5) is 12.3. The normalized spacial score (nSPS) is 31.1. The van der Waals surface area contributed by atoms with Crippen LogP contribution < -0.4 is 11.1 Å². The fourth-order valence-corrected chi connectivity index (χ4v) is 3.58. The third-order valence-corrected chi connectivity index (χ3v) is 5.02. The Labute approximate surface area is 140 Å². The minimum Gasteiger partial charge on any atom is -0.353 e. The van der Waals surface area contributed by atoms with Crippen molar-refractivity contribution in [2.75, 3.05) is 0 Å². The minimum atomic E-state index is 0. The zero-order valence-electron chi connectivity index (χ0n) is 11.9. The van der Waals surface area contributed by atoms with Crippen molar-refractivity contribution in [1.82, 2.24) is 5.32 Å². The van der Waals surface area contributed by atoms with Gasteiger partial charge in [0, 0.05) is 22.5 Å². The van der Waals surface area contributed by atoms with Crippen LogP contribution in [0.5, 0.6) is 0 Å². The first-order chi connectivity index (χ1) is 9.63. The molecule has 1 aromatic carbocycles. The monoisotopic (exact) mass is 372 g/mol. The van der Waals surface area contributed by atoms with Gasteiger partial charge in [-0.3, -0.25) is 4.79 Å². The minimum absolute atomic E-state index is 0. The number of nitrogens with one attached hydrogen (secondary N) is 1. The molecule has 2 atom stereocenters. The van der Waals surface area contributed by atoms with Gasteiger partial charge in [0.05, 0.1) is 0 Å². The van der Waals surface area contributed by atoms with E-state index in [0.29, 0.717) is 18.0 Å².